The number of rotatable bonds is 3. The number of carbonyl (C=O) groups excluding carboxylic acids is 3. The molecule has 2 N–H and O–H groups in total. The van der Waals surface area contributed by atoms with Crippen molar-refractivity contribution in [1.82, 2.24) is 10.2 Å². The predicted molar refractivity (Wildman–Crippen MR) is 72.0 cm³/mol. The van der Waals surface area contributed by atoms with Gasteiger partial charge in [0.05, 0.1) is 11.8 Å². The number of aliphatic carboxylic acids is 1. The van der Waals surface area contributed by atoms with E-state index in [-0.39, 0.29) is 12.5 Å². The third-order valence-corrected chi connectivity index (χ3v) is 4.58. The van der Waals surface area contributed by atoms with Gasteiger partial charge in [-0.1, -0.05) is 13.3 Å². The Hall–Kier alpha value is -1.92. The first-order valence-electron chi connectivity index (χ1n) is 7.22. The van der Waals surface area contributed by atoms with Gasteiger partial charge in [-0.15, -0.1) is 0 Å². The van der Waals surface area contributed by atoms with Crippen LogP contribution in [0.1, 0.15) is 33.1 Å². The number of carboxylic acid groups (broad SMARTS) is 1. The summed E-state index contributed by atoms with van der Waals surface area (Å²) in [5, 5.41) is 11.5. The van der Waals surface area contributed by atoms with Gasteiger partial charge in [0.1, 0.15) is 12.6 Å². The van der Waals surface area contributed by atoms with E-state index in [1.165, 1.54) is 4.90 Å². The van der Waals surface area contributed by atoms with E-state index in [2.05, 4.69) is 5.32 Å². The molecule has 7 nitrogen and oxygen atoms in total. The smallest absolute Gasteiger partial charge is 0.307 e. The van der Waals surface area contributed by atoms with Crippen molar-refractivity contribution in [1.29, 1.82) is 0 Å². The summed E-state index contributed by atoms with van der Waals surface area (Å²) < 4.78 is 0. The van der Waals surface area contributed by atoms with Gasteiger partial charge in [-0.3, -0.25) is 24.5 Å². The van der Waals surface area contributed by atoms with Crippen LogP contribution in [0.15, 0.2) is 0 Å². The average Bonchev–Trinajstić information content (AvgIpc) is 2.86. The zero-order valence-corrected chi connectivity index (χ0v) is 12.2. The first-order valence-corrected chi connectivity index (χ1v) is 7.22. The number of carbonyl (C=O) groups is 4. The zero-order valence-electron chi connectivity index (χ0n) is 12.2. The molecule has 0 aromatic rings. The lowest BCUT2D eigenvalue weighted by Gasteiger charge is -2.34. The number of nitrogens with one attached hydrogen (secondary N) is 1. The highest BCUT2D eigenvalue weighted by Gasteiger charge is 2.46. The summed E-state index contributed by atoms with van der Waals surface area (Å²) in [6.45, 7) is 3.32. The molecule has 1 heterocycles. The normalized spacial score (nSPS) is 33.0. The summed E-state index contributed by atoms with van der Waals surface area (Å²) in [5.41, 5.74) is 0. The average molecular weight is 296 g/mol. The SMILES string of the molecule is CCC1C[C@H](C(=O)N2CC(=O)NC(=O)C2C)[C@H](C(=O)O)C1. The maximum absolute atomic E-state index is 12.6. The molecule has 2 rings (SSSR count). The lowest BCUT2D eigenvalue weighted by molar-refractivity contribution is -0.155. The molecular formula is C14H20N2O5. The molecule has 1 aliphatic carbocycles. The highest BCUT2D eigenvalue weighted by molar-refractivity contribution is 6.04. The van der Waals surface area contributed by atoms with Crippen molar-refractivity contribution in [2.75, 3.05) is 6.54 Å². The summed E-state index contributed by atoms with van der Waals surface area (Å²) in [4.78, 5) is 48.2. The number of amides is 3. The van der Waals surface area contributed by atoms with Gasteiger partial charge >= 0.3 is 5.97 Å². The van der Waals surface area contributed by atoms with E-state index < -0.39 is 41.6 Å². The van der Waals surface area contributed by atoms with Crippen molar-refractivity contribution >= 4 is 23.7 Å². The van der Waals surface area contributed by atoms with Crippen LogP contribution in [0.4, 0.5) is 0 Å². The molecule has 4 atom stereocenters. The van der Waals surface area contributed by atoms with E-state index in [4.69, 9.17) is 0 Å². The maximum atomic E-state index is 12.6. The molecule has 2 aliphatic rings. The van der Waals surface area contributed by atoms with Crippen LogP contribution in [-0.2, 0) is 19.2 Å². The molecule has 21 heavy (non-hydrogen) atoms. The van der Waals surface area contributed by atoms with Crippen molar-refractivity contribution in [2.24, 2.45) is 17.8 Å². The molecule has 2 fully saturated rings. The molecule has 0 aromatic carbocycles. The Kier molecular flexibility index (Phi) is 4.29. The summed E-state index contributed by atoms with van der Waals surface area (Å²) in [6.07, 6.45) is 1.80. The summed E-state index contributed by atoms with van der Waals surface area (Å²) >= 11 is 0. The number of hydrogen-bond donors (Lipinski definition) is 2. The van der Waals surface area contributed by atoms with Crippen molar-refractivity contribution in [3.05, 3.63) is 0 Å². The monoisotopic (exact) mass is 296 g/mol. The zero-order chi connectivity index (χ0) is 15.7. The number of nitrogens with zero attached hydrogens (tertiary/aromatic N) is 1. The van der Waals surface area contributed by atoms with E-state index in [0.717, 1.165) is 6.42 Å². The first kappa shape index (κ1) is 15.5. The Labute approximate surface area is 122 Å². The quantitative estimate of drug-likeness (QED) is 0.713. The fourth-order valence-corrected chi connectivity index (χ4v) is 3.22. The van der Waals surface area contributed by atoms with E-state index in [0.29, 0.717) is 12.8 Å². The molecule has 1 aliphatic heterocycles. The minimum absolute atomic E-state index is 0.189. The van der Waals surface area contributed by atoms with Gasteiger partial charge in [-0.2, -0.15) is 0 Å². The van der Waals surface area contributed by atoms with Gasteiger partial charge in [-0.25, -0.2) is 0 Å². The third-order valence-electron chi connectivity index (χ3n) is 4.58. The molecule has 7 heteroatoms. The van der Waals surface area contributed by atoms with E-state index in [1.807, 2.05) is 6.92 Å². The lowest BCUT2D eigenvalue weighted by atomic mass is 9.93. The second kappa shape index (κ2) is 5.83. The van der Waals surface area contributed by atoms with Crippen molar-refractivity contribution in [3.8, 4) is 0 Å². The topological polar surface area (TPSA) is 104 Å². The minimum Gasteiger partial charge on any atom is -0.481 e. The van der Waals surface area contributed by atoms with Crippen LogP contribution in [0.25, 0.3) is 0 Å². The van der Waals surface area contributed by atoms with E-state index in [1.54, 1.807) is 6.92 Å². The highest BCUT2D eigenvalue weighted by atomic mass is 16.4. The van der Waals surface area contributed by atoms with Gasteiger partial charge in [0.15, 0.2) is 0 Å². The molecule has 0 spiro atoms. The lowest BCUT2D eigenvalue weighted by Crippen LogP contribution is -2.60. The fraction of sp³-hybridized carbons (Fsp3) is 0.714. The molecule has 116 valence electrons. The standard InChI is InChI=1S/C14H20N2O5/c1-3-8-4-9(10(5-8)14(20)21)13(19)16-6-11(17)15-12(18)7(16)2/h7-10H,3-6H2,1-2H3,(H,20,21)(H,15,17,18)/t7?,8?,9-,10+/m0/s1. The van der Waals surface area contributed by atoms with Crippen LogP contribution in [0, 0.1) is 17.8 Å². The Bertz CT molecular complexity index is 490. The maximum Gasteiger partial charge on any atom is 0.307 e. The van der Waals surface area contributed by atoms with Gasteiger partial charge in [-0.05, 0) is 25.7 Å². The first-order chi connectivity index (χ1) is 9.85. The van der Waals surface area contributed by atoms with Crippen LogP contribution in [-0.4, -0.2) is 46.3 Å². The van der Waals surface area contributed by atoms with Gasteiger partial charge in [0.2, 0.25) is 17.7 Å². The van der Waals surface area contributed by atoms with Gasteiger partial charge in [0.25, 0.3) is 0 Å². The number of carboxylic acids is 1. The van der Waals surface area contributed by atoms with Gasteiger partial charge < -0.3 is 10.0 Å². The Balaban J connectivity index is 2.19. The molecule has 0 radical (unpaired) electrons. The molecular weight excluding hydrogens is 276 g/mol. The van der Waals surface area contributed by atoms with Crippen LogP contribution in [0.5, 0.6) is 0 Å². The number of imide groups is 1. The molecule has 1 saturated carbocycles. The third kappa shape index (κ3) is 2.91. The van der Waals surface area contributed by atoms with Crippen molar-refractivity contribution in [3.63, 3.8) is 0 Å². The van der Waals surface area contributed by atoms with Gasteiger partial charge in [0, 0.05) is 0 Å². The van der Waals surface area contributed by atoms with Crippen LogP contribution in [0.2, 0.25) is 0 Å². The molecule has 1 saturated heterocycles. The highest BCUT2D eigenvalue weighted by Crippen LogP contribution is 2.39. The van der Waals surface area contributed by atoms with E-state index in [9.17, 15) is 24.3 Å². The predicted octanol–water partition coefficient (Wildman–Crippen LogP) is -0.00310. The largest absolute Gasteiger partial charge is 0.481 e. The Morgan fingerprint density at radius 3 is 2.48 bits per heavy atom. The summed E-state index contributed by atoms with van der Waals surface area (Å²) in [6, 6.07) is -0.745. The van der Waals surface area contributed by atoms with Crippen LogP contribution >= 0.6 is 0 Å². The number of hydrogen-bond acceptors (Lipinski definition) is 4. The van der Waals surface area contributed by atoms with Crippen molar-refractivity contribution in [2.45, 2.75) is 39.2 Å². The van der Waals surface area contributed by atoms with Crippen molar-refractivity contribution < 1.29 is 24.3 Å². The van der Waals surface area contributed by atoms with Crippen LogP contribution in [0.3, 0.4) is 0 Å². The van der Waals surface area contributed by atoms with E-state index >= 15 is 0 Å². The Morgan fingerprint density at radius 1 is 1.29 bits per heavy atom. The molecule has 2 unspecified atom stereocenters. The molecule has 0 aromatic heterocycles. The second-order valence-electron chi connectivity index (χ2n) is 5.85. The summed E-state index contributed by atoms with van der Waals surface area (Å²) in [5.74, 6) is -3.59. The fourth-order valence-electron chi connectivity index (χ4n) is 3.22. The molecule has 0 bridgehead atoms. The number of piperazine rings is 1. The second-order valence-corrected chi connectivity index (χ2v) is 5.85. The Morgan fingerprint density at radius 2 is 1.90 bits per heavy atom. The summed E-state index contributed by atoms with van der Waals surface area (Å²) in [7, 11) is 0. The molecule has 3 amide bonds. The minimum atomic E-state index is -0.982. The van der Waals surface area contributed by atoms with Crippen LogP contribution < -0.4 is 5.32 Å².